The van der Waals surface area contributed by atoms with Crippen LogP contribution in [0.2, 0.25) is 0 Å². The van der Waals surface area contributed by atoms with Crippen molar-refractivity contribution in [1.82, 2.24) is 29.9 Å². The van der Waals surface area contributed by atoms with E-state index in [0.717, 1.165) is 93.5 Å². The number of halogens is 2. The van der Waals surface area contributed by atoms with Crippen LogP contribution in [0.5, 0.6) is 0 Å². The Labute approximate surface area is 387 Å². The predicted molar refractivity (Wildman–Crippen MR) is 247 cm³/mol. The van der Waals surface area contributed by atoms with Gasteiger partial charge in [-0.2, -0.15) is 5.10 Å². The fraction of sp³-hybridized carbons (Fsp3) is 0.500. The van der Waals surface area contributed by atoms with Gasteiger partial charge in [0.05, 0.1) is 46.6 Å². The van der Waals surface area contributed by atoms with Gasteiger partial charge in [0.2, 0.25) is 11.8 Å². The van der Waals surface area contributed by atoms with Gasteiger partial charge in [0, 0.05) is 49.9 Å². The first-order valence-corrected chi connectivity index (χ1v) is 23.8. The number of ether oxygens (including phenoxy) is 1. The summed E-state index contributed by atoms with van der Waals surface area (Å²) in [7, 11) is 0. The largest absolute Gasteiger partial charge is 0.384 e. The van der Waals surface area contributed by atoms with Crippen molar-refractivity contribution < 1.29 is 37.5 Å². The average Bonchev–Trinajstić information content (AvgIpc) is 3.86. The van der Waals surface area contributed by atoms with Gasteiger partial charge >= 0.3 is 0 Å². The Morgan fingerprint density at radius 1 is 0.940 bits per heavy atom. The van der Waals surface area contributed by atoms with E-state index in [4.69, 9.17) is 9.72 Å². The highest BCUT2D eigenvalue weighted by Gasteiger charge is 2.48. The van der Waals surface area contributed by atoms with Crippen LogP contribution < -0.4 is 20.9 Å². The lowest BCUT2D eigenvalue weighted by Crippen LogP contribution is -2.54. The lowest BCUT2D eigenvalue weighted by Gasteiger charge is -2.53. The number of alkyl halides is 2. The van der Waals surface area contributed by atoms with Gasteiger partial charge in [-0.25, -0.2) is 13.8 Å². The minimum absolute atomic E-state index is 0.00483. The van der Waals surface area contributed by atoms with Gasteiger partial charge in [-0.1, -0.05) is 24.3 Å². The second-order valence-corrected chi connectivity index (χ2v) is 19.5. The number of imide groups is 2. The number of aromatic nitrogens is 3. The van der Waals surface area contributed by atoms with E-state index in [9.17, 15) is 32.8 Å². The van der Waals surface area contributed by atoms with Crippen molar-refractivity contribution in [1.29, 1.82) is 0 Å². The number of piperidine rings is 2. The SMILES string of the molecule is C=CCC1CN(c2ccc3cccc(C(=O)Nc4cn(C5CCC(CN6CCC7(CC6)CC(CNc6cccc8c6C(=O)N(C6CCC(=O)NC6=O)C8=O)C7)CC5)nc4C(F)F)c3n2)CCO1. The molecule has 2 aliphatic carbocycles. The fourth-order valence-corrected chi connectivity index (χ4v) is 11.6. The zero-order valence-electron chi connectivity index (χ0n) is 37.6. The molecule has 2 atom stereocenters. The summed E-state index contributed by atoms with van der Waals surface area (Å²) in [5, 5.41) is 13.6. The van der Waals surface area contributed by atoms with Crippen molar-refractivity contribution in [2.75, 3.05) is 61.4 Å². The quantitative estimate of drug-likeness (QED) is 0.0921. The molecule has 3 saturated heterocycles. The summed E-state index contributed by atoms with van der Waals surface area (Å²) in [6.07, 6.45) is 9.50. The number of rotatable bonds is 13. The summed E-state index contributed by atoms with van der Waals surface area (Å²) < 4.78 is 36.4. The maximum absolute atomic E-state index is 14.4. The van der Waals surface area contributed by atoms with Crippen molar-refractivity contribution in [2.45, 2.75) is 95.2 Å². The molecule has 1 spiro atoms. The van der Waals surface area contributed by atoms with Gasteiger partial charge < -0.3 is 25.2 Å². The van der Waals surface area contributed by atoms with Crippen LogP contribution >= 0.6 is 0 Å². The molecular weight excluding hydrogens is 861 g/mol. The van der Waals surface area contributed by atoms with Crippen LogP contribution in [0.4, 0.5) is 26.0 Å². The van der Waals surface area contributed by atoms with E-state index in [1.807, 2.05) is 24.3 Å². The molecule has 15 nitrogen and oxygen atoms in total. The molecule has 2 aromatic heterocycles. The second-order valence-electron chi connectivity index (χ2n) is 19.5. The smallest absolute Gasteiger partial charge is 0.284 e. The Bertz CT molecular complexity index is 2590. The number of hydrogen-bond acceptors (Lipinski definition) is 11. The maximum atomic E-state index is 14.4. The third-order valence-corrected chi connectivity index (χ3v) is 15.2. The number of anilines is 3. The van der Waals surface area contributed by atoms with E-state index in [1.54, 1.807) is 41.2 Å². The number of nitrogens with zero attached hydrogens (tertiary/aromatic N) is 6. The first-order chi connectivity index (χ1) is 32.5. The number of benzene rings is 2. The van der Waals surface area contributed by atoms with E-state index < -0.39 is 47.7 Å². The van der Waals surface area contributed by atoms with E-state index in [-0.39, 0.29) is 41.8 Å². The molecule has 352 valence electrons. The Morgan fingerprint density at radius 2 is 1.73 bits per heavy atom. The molecule has 17 heteroatoms. The number of nitrogens with one attached hydrogen (secondary N) is 3. The van der Waals surface area contributed by atoms with Crippen LogP contribution in [-0.2, 0) is 14.3 Å². The predicted octanol–water partition coefficient (Wildman–Crippen LogP) is 7.14. The molecule has 2 unspecified atom stereocenters. The topological polar surface area (TPSA) is 171 Å². The van der Waals surface area contributed by atoms with Crippen molar-refractivity contribution in [2.24, 2.45) is 17.3 Å². The number of morpholine rings is 1. The summed E-state index contributed by atoms with van der Waals surface area (Å²) in [6.45, 7) is 9.47. The van der Waals surface area contributed by atoms with Crippen LogP contribution in [0, 0.1) is 17.3 Å². The number of amides is 5. The lowest BCUT2D eigenvalue weighted by molar-refractivity contribution is -0.136. The molecule has 67 heavy (non-hydrogen) atoms. The molecule has 6 heterocycles. The molecule has 10 rings (SSSR count). The number of hydrogen-bond donors (Lipinski definition) is 3. The van der Waals surface area contributed by atoms with E-state index in [2.05, 4.69) is 37.4 Å². The molecule has 5 amide bonds. The van der Waals surface area contributed by atoms with Gasteiger partial charge in [-0.3, -0.25) is 38.9 Å². The highest BCUT2D eigenvalue weighted by atomic mass is 19.3. The Balaban J connectivity index is 0.693. The standard InChI is InChI=1S/C50H57F2N9O6/c1-2-5-34-28-59(22-23-67-34)40-16-12-32-6-3-8-36(43(32)55-40)46(63)54-38-29-60(57-44(38)45(51)52)33-13-10-30(11-14-33)27-58-20-18-50(19-21-58)24-31(25-50)26-53-37-9-4-7-35-42(37)49(66)61(48(35)65)39-15-17-41(62)56-47(39)64/h2-4,6-9,12,16,29-31,33-34,39,45,53H,1,5,10-11,13-15,17-28H2,(H,54,63)(H,56,62,64). The molecule has 0 bridgehead atoms. The lowest BCUT2D eigenvalue weighted by atomic mass is 9.57. The van der Waals surface area contributed by atoms with E-state index in [0.29, 0.717) is 60.3 Å². The Hall–Kier alpha value is -6.07. The summed E-state index contributed by atoms with van der Waals surface area (Å²) in [5.41, 5.74) is 1.85. The molecule has 5 fully saturated rings. The molecule has 6 aliphatic rings. The minimum atomic E-state index is -2.86. The molecule has 4 aromatic rings. The highest BCUT2D eigenvalue weighted by molar-refractivity contribution is 6.25. The zero-order valence-corrected chi connectivity index (χ0v) is 37.6. The Kier molecular flexibility index (Phi) is 12.4. The zero-order chi connectivity index (χ0) is 46.4. The highest BCUT2D eigenvalue weighted by Crippen LogP contribution is 2.53. The van der Waals surface area contributed by atoms with Crippen molar-refractivity contribution in [3.05, 3.63) is 89.8 Å². The van der Waals surface area contributed by atoms with Crippen molar-refractivity contribution >= 4 is 57.6 Å². The third kappa shape index (κ3) is 8.95. The summed E-state index contributed by atoms with van der Waals surface area (Å²) in [4.78, 5) is 75.4. The molecule has 0 radical (unpaired) electrons. The van der Waals surface area contributed by atoms with Gasteiger partial charge in [0.1, 0.15) is 11.9 Å². The second kappa shape index (κ2) is 18.5. The monoisotopic (exact) mass is 917 g/mol. The number of carbonyl (C=O) groups excluding carboxylic acids is 5. The van der Waals surface area contributed by atoms with Crippen LogP contribution in [0.3, 0.4) is 0 Å². The van der Waals surface area contributed by atoms with Crippen LogP contribution in [0.1, 0.15) is 120 Å². The summed E-state index contributed by atoms with van der Waals surface area (Å²) in [6, 6.07) is 13.3. The van der Waals surface area contributed by atoms with Crippen LogP contribution in [-0.4, -0.2) is 112 Å². The molecule has 3 N–H and O–H groups in total. The number of fused-ring (bicyclic) bond motifs is 2. The number of carbonyl (C=O) groups is 5. The fourth-order valence-electron chi connectivity index (χ4n) is 11.6. The first-order valence-electron chi connectivity index (χ1n) is 23.8. The average molecular weight is 918 g/mol. The molecule has 2 saturated carbocycles. The van der Waals surface area contributed by atoms with Crippen LogP contribution in [0.15, 0.2) is 67.4 Å². The first kappa shape index (κ1) is 44.7. The minimum Gasteiger partial charge on any atom is -0.384 e. The van der Waals surface area contributed by atoms with Crippen molar-refractivity contribution in [3.8, 4) is 0 Å². The summed E-state index contributed by atoms with van der Waals surface area (Å²) >= 11 is 0. The summed E-state index contributed by atoms with van der Waals surface area (Å²) in [5.74, 6) is -0.878. The normalized spacial score (nSPS) is 24.5. The van der Waals surface area contributed by atoms with Gasteiger partial charge in [0.15, 0.2) is 5.69 Å². The van der Waals surface area contributed by atoms with Crippen LogP contribution in [0.25, 0.3) is 10.9 Å². The van der Waals surface area contributed by atoms with Gasteiger partial charge in [0.25, 0.3) is 24.1 Å². The molecular formula is C50H57F2N9O6. The number of para-hydroxylation sites is 1. The van der Waals surface area contributed by atoms with Gasteiger partial charge in [-0.05, 0) is 125 Å². The van der Waals surface area contributed by atoms with Gasteiger partial charge in [-0.15, -0.1) is 6.58 Å². The van der Waals surface area contributed by atoms with E-state index in [1.165, 1.54) is 0 Å². The molecule has 4 aliphatic heterocycles. The number of likely N-dealkylation sites (tertiary alicyclic amines) is 1. The van der Waals surface area contributed by atoms with E-state index >= 15 is 0 Å². The molecule has 2 aromatic carbocycles. The maximum Gasteiger partial charge on any atom is 0.284 e. The third-order valence-electron chi connectivity index (χ3n) is 15.2. The van der Waals surface area contributed by atoms with Crippen molar-refractivity contribution in [3.63, 3.8) is 0 Å². The Morgan fingerprint density at radius 3 is 2.49 bits per heavy atom. The number of pyridine rings is 1.